The Morgan fingerprint density at radius 1 is 1.55 bits per heavy atom. The summed E-state index contributed by atoms with van der Waals surface area (Å²) >= 11 is 0. The van der Waals surface area contributed by atoms with Gasteiger partial charge in [0.15, 0.2) is 9.84 Å². The van der Waals surface area contributed by atoms with Gasteiger partial charge in [-0.25, -0.2) is 8.42 Å². The lowest BCUT2D eigenvalue weighted by atomic mass is 10.7. The molecule has 0 radical (unpaired) electrons. The van der Waals surface area contributed by atoms with Gasteiger partial charge in [-0.2, -0.15) is 0 Å². The predicted molar refractivity (Wildman–Crippen MR) is 43.1 cm³/mol. The highest BCUT2D eigenvalue weighted by Gasteiger charge is 2.13. The first kappa shape index (κ1) is 8.33. The minimum Gasteiger partial charge on any atom is -0.342 e. The number of hydrogen-bond donors (Lipinski definition) is 0. The van der Waals surface area contributed by atoms with Crippen LogP contribution < -0.4 is 0 Å². The molecule has 0 aliphatic rings. The second-order valence-electron chi connectivity index (χ2n) is 2.36. The van der Waals surface area contributed by atoms with Crippen molar-refractivity contribution in [3.63, 3.8) is 0 Å². The Labute approximate surface area is 66.6 Å². The van der Waals surface area contributed by atoms with Crippen LogP contribution in [0, 0.1) is 0 Å². The zero-order valence-electron chi connectivity index (χ0n) is 6.61. The summed E-state index contributed by atoms with van der Waals surface area (Å²) in [5.74, 6) is 0.158. The van der Waals surface area contributed by atoms with Crippen LogP contribution in [0.1, 0.15) is 6.92 Å². The van der Waals surface area contributed by atoms with Gasteiger partial charge in [-0.3, -0.25) is 0 Å². The normalized spacial score (nSPS) is 11.8. The van der Waals surface area contributed by atoms with E-state index in [0.717, 1.165) is 0 Å². The van der Waals surface area contributed by atoms with Gasteiger partial charge in [0, 0.05) is 13.2 Å². The molecule has 62 valence electrons. The molecule has 0 saturated carbocycles. The first-order chi connectivity index (χ1) is 5.08. The van der Waals surface area contributed by atoms with E-state index < -0.39 is 9.84 Å². The van der Waals surface area contributed by atoms with Crippen molar-refractivity contribution in [1.29, 1.82) is 0 Å². The van der Waals surface area contributed by atoms with Gasteiger partial charge < -0.3 is 4.57 Å². The van der Waals surface area contributed by atoms with Gasteiger partial charge in [0.2, 0.25) is 0 Å². The third-order valence-corrected chi connectivity index (χ3v) is 3.42. The van der Waals surface area contributed by atoms with Gasteiger partial charge >= 0.3 is 0 Å². The van der Waals surface area contributed by atoms with E-state index in [4.69, 9.17) is 0 Å². The molecule has 1 aromatic rings. The summed E-state index contributed by atoms with van der Waals surface area (Å²) in [6.07, 6.45) is 1.72. The molecule has 1 heterocycles. The maximum absolute atomic E-state index is 11.3. The summed E-state index contributed by atoms with van der Waals surface area (Å²) in [5.41, 5.74) is 0. The SMILES string of the molecule is CCS(=O)(=O)c1cccn1C. The third kappa shape index (κ3) is 1.45. The van der Waals surface area contributed by atoms with Crippen molar-refractivity contribution in [2.45, 2.75) is 11.9 Å². The lowest BCUT2D eigenvalue weighted by Crippen LogP contribution is -2.08. The average molecular weight is 173 g/mol. The zero-order chi connectivity index (χ0) is 8.48. The molecule has 0 N–H and O–H groups in total. The van der Waals surface area contributed by atoms with E-state index in [2.05, 4.69) is 0 Å². The number of sulfone groups is 1. The van der Waals surface area contributed by atoms with Gasteiger partial charge in [-0.05, 0) is 12.1 Å². The summed E-state index contributed by atoms with van der Waals surface area (Å²) in [4.78, 5) is 0. The Bertz CT molecular complexity index is 337. The van der Waals surface area contributed by atoms with Crippen LogP contribution >= 0.6 is 0 Å². The van der Waals surface area contributed by atoms with Crippen LogP contribution in [-0.2, 0) is 16.9 Å². The molecule has 0 spiro atoms. The first-order valence-corrected chi connectivity index (χ1v) is 5.07. The Morgan fingerprint density at radius 2 is 2.18 bits per heavy atom. The molecule has 0 atom stereocenters. The first-order valence-electron chi connectivity index (χ1n) is 3.42. The van der Waals surface area contributed by atoms with E-state index in [-0.39, 0.29) is 5.75 Å². The Balaban J connectivity index is 3.22. The molecular formula is C7H11NO2S. The lowest BCUT2D eigenvalue weighted by molar-refractivity contribution is 0.587. The molecule has 1 aromatic heterocycles. The third-order valence-electron chi connectivity index (χ3n) is 1.59. The van der Waals surface area contributed by atoms with Crippen LogP contribution in [0.3, 0.4) is 0 Å². The molecule has 0 aliphatic heterocycles. The summed E-state index contributed by atoms with van der Waals surface area (Å²) in [6, 6.07) is 3.33. The molecule has 11 heavy (non-hydrogen) atoms. The fourth-order valence-corrected chi connectivity index (χ4v) is 2.00. The summed E-state index contributed by atoms with van der Waals surface area (Å²) < 4.78 is 24.1. The van der Waals surface area contributed by atoms with Crippen molar-refractivity contribution in [2.75, 3.05) is 5.75 Å². The Morgan fingerprint density at radius 3 is 2.55 bits per heavy atom. The Kier molecular flexibility index (Phi) is 2.04. The van der Waals surface area contributed by atoms with Crippen LogP contribution in [0.2, 0.25) is 0 Å². The van der Waals surface area contributed by atoms with E-state index in [1.54, 1.807) is 36.9 Å². The van der Waals surface area contributed by atoms with Crippen molar-refractivity contribution in [2.24, 2.45) is 7.05 Å². The van der Waals surface area contributed by atoms with Gasteiger partial charge in [0.1, 0.15) is 5.03 Å². The quantitative estimate of drug-likeness (QED) is 0.664. The van der Waals surface area contributed by atoms with Crippen molar-refractivity contribution < 1.29 is 8.42 Å². The van der Waals surface area contributed by atoms with Crippen molar-refractivity contribution in [3.05, 3.63) is 18.3 Å². The van der Waals surface area contributed by atoms with E-state index in [1.165, 1.54) is 0 Å². The van der Waals surface area contributed by atoms with Gasteiger partial charge in [-0.15, -0.1) is 0 Å². The van der Waals surface area contributed by atoms with Gasteiger partial charge in [0.05, 0.1) is 5.75 Å². The average Bonchev–Trinajstić information content (AvgIpc) is 2.36. The smallest absolute Gasteiger partial charge is 0.193 e. The monoisotopic (exact) mass is 173 g/mol. The van der Waals surface area contributed by atoms with Crippen LogP contribution in [-0.4, -0.2) is 18.7 Å². The highest BCUT2D eigenvalue weighted by Crippen LogP contribution is 2.09. The molecule has 0 aliphatic carbocycles. The summed E-state index contributed by atoms with van der Waals surface area (Å²) in [7, 11) is -1.30. The highest BCUT2D eigenvalue weighted by atomic mass is 32.2. The number of aromatic nitrogens is 1. The van der Waals surface area contributed by atoms with E-state index in [1.807, 2.05) is 0 Å². The molecule has 1 rings (SSSR count). The van der Waals surface area contributed by atoms with Crippen molar-refractivity contribution in [3.8, 4) is 0 Å². The van der Waals surface area contributed by atoms with Crippen LogP contribution in [0.5, 0.6) is 0 Å². The number of aryl methyl sites for hydroxylation is 1. The van der Waals surface area contributed by atoms with Crippen molar-refractivity contribution >= 4 is 9.84 Å². The van der Waals surface area contributed by atoms with E-state index in [0.29, 0.717) is 5.03 Å². The molecule has 0 aromatic carbocycles. The highest BCUT2D eigenvalue weighted by molar-refractivity contribution is 7.91. The predicted octanol–water partition coefficient (Wildman–Crippen LogP) is 0.819. The molecule has 0 bridgehead atoms. The second-order valence-corrected chi connectivity index (χ2v) is 4.59. The minimum absolute atomic E-state index is 0.158. The summed E-state index contributed by atoms with van der Waals surface area (Å²) in [5, 5.41) is 0.389. The second kappa shape index (κ2) is 2.70. The van der Waals surface area contributed by atoms with Crippen LogP contribution in [0.25, 0.3) is 0 Å². The van der Waals surface area contributed by atoms with E-state index >= 15 is 0 Å². The largest absolute Gasteiger partial charge is 0.342 e. The zero-order valence-corrected chi connectivity index (χ0v) is 7.43. The Hall–Kier alpha value is -0.770. The number of hydrogen-bond acceptors (Lipinski definition) is 2. The van der Waals surface area contributed by atoms with Crippen LogP contribution in [0.4, 0.5) is 0 Å². The van der Waals surface area contributed by atoms with Gasteiger partial charge in [-0.1, -0.05) is 6.92 Å². The summed E-state index contributed by atoms with van der Waals surface area (Å²) in [6.45, 7) is 1.64. The van der Waals surface area contributed by atoms with Gasteiger partial charge in [0.25, 0.3) is 0 Å². The lowest BCUT2D eigenvalue weighted by Gasteiger charge is -2.00. The topological polar surface area (TPSA) is 39.1 Å². The van der Waals surface area contributed by atoms with Crippen LogP contribution in [0.15, 0.2) is 23.4 Å². The molecular weight excluding hydrogens is 162 g/mol. The fourth-order valence-electron chi connectivity index (χ4n) is 0.916. The molecule has 3 nitrogen and oxygen atoms in total. The molecule has 0 unspecified atom stereocenters. The number of rotatable bonds is 2. The molecule has 0 saturated heterocycles. The van der Waals surface area contributed by atoms with Crippen molar-refractivity contribution in [1.82, 2.24) is 4.57 Å². The standard InChI is InChI=1S/C7H11NO2S/c1-3-11(9,10)7-5-4-6-8(7)2/h4-6H,3H2,1-2H3. The molecule has 0 fully saturated rings. The maximum atomic E-state index is 11.3. The maximum Gasteiger partial charge on any atom is 0.193 e. The minimum atomic E-state index is -3.02. The molecule has 0 amide bonds. The molecule has 4 heteroatoms. The fraction of sp³-hybridized carbons (Fsp3) is 0.429. The van der Waals surface area contributed by atoms with E-state index in [9.17, 15) is 8.42 Å². The number of nitrogens with zero attached hydrogens (tertiary/aromatic N) is 1.